The number of hydrogen-bond donors (Lipinski definition) is 0. The Morgan fingerprint density at radius 3 is 3.00 bits per heavy atom. The highest BCUT2D eigenvalue weighted by Crippen LogP contribution is 2.30. The summed E-state index contributed by atoms with van der Waals surface area (Å²) in [6, 6.07) is 3.53. The molecular weight excluding hydrogens is 278 g/mol. The summed E-state index contributed by atoms with van der Waals surface area (Å²) < 4.78 is 6.72. The van der Waals surface area contributed by atoms with E-state index in [1.807, 2.05) is 16.7 Å². The number of esters is 1. The van der Waals surface area contributed by atoms with E-state index in [-0.39, 0.29) is 0 Å². The molecular formula is C14H16ClN3O2. The maximum Gasteiger partial charge on any atom is 0.340 e. The van der Waals surface area contributed by atoms with Crippen LogP contribution in [0.15, 0.2) is 18.3 Å². The van der Waals surface area contributed by atoms with E-state index in [9.17, 15) is 4.79 Å². The van der Waals surface area contributed by atoms with Crippen LogP contribution in [0.3, 0.4) is 0 Å². The number of methoxy groups -OCH3 is 1. The van der Waals surface area contributed by atoms with E-state index < -0.39 is 5.97 Å². The zero-order valence-corrected chi connectivity index (χ0v) is 12.2. The van der Waals surface area contributed by atoms with Gasteiger partial charge in [-0.25, -0.2) is 9.78 Å². The molecule has 0 bridgehead atoms. The minimum Gasteiger partial charge on any atom is -0.465 e. The first-order valence-corrected chi connectivity index (χ1v) is 6.93. The molecule has 1 fully saturated rings. The van der Waals surface area contributed by atoms with Crippen molar-refractivity contribution in [3.63, 3.8) is 0 Å². The third kappa shape index (κ3) is 2.07. The number of aromatic nitrogens is 2. The predicted molar refractivity (Wildman–Crippen MR) is 76.4 cm³/mol. The normalized spacial score (nSPS) is 19.6. The van der Waals surface area contributed by atoms with Gasteiger partial charge in [0.1, 0.15) is 5.82 Å². The van der Waals surface area contributed by atoms with Gasteiger partial charge in [-0.15, -0.1) is 0 Å². The molecule has 2 aromatic heterocycles. The number of likely N-dealkylation sites (N-methyl/N-ethyl adjacent to an activating group) is 1. The first kappa shape index (κ1) is 13.4. The lowest BCUT2D eigenvalue weighted by molar-refractivity contribution is 0.0602. The van der Waals surface area contributed by atoms with Crippen LogP contribution in [0.1, 0.15) is 28.5 Å². The Hall–Kier alpha value is -1.59. The van der Waals surface area contributed by atoms with Crippen molar-refractivity contribution >= 4 is 23.1 Å². The van der Waals surface area contributed by atoms with Crippen LogP contribution in [0.4, 0.5) is 0 Å². The third-order valence-electron chi connectivity index (χ3n) is 3.81. The first-order valence-electron chi connectivity index (χ1n) is 6.55. The van der Waals surface area contributed by atoms with Gasteiger partial charge in [-0.1, -0.05) is 11.6 Å². The quantitative estimate of drug-likeness (QED) is 0.797. The second-order valence-corrected chi connectivity index (χ2v) is 5.50. The van der Waals surface area contributed by atoms with Crippen LogP contribution < -0.4 is 0 Å². The van der Waals surface area contributed by atoms with E-state index in [0.29, 0.717) is 22.2 Å². The number of carbonyl (C=O) groups excluding carboxylic acids is 1. The standard InChI is InChI=1S/C14H16ClN3O2/c1-17-7-5-9(8-17)13-16-12(15)11-10(14(19)20-2)4-3-6-18(11)13/h3-4,6,9H,5,7-8H2,1-2H3. The van der Waals surface area contributed by atoms with Crippen LogP contribution in [0.2, 0.25) is 5.15 Å². The molecule has 0 aromatic carbocycles. The Morgan fingerprint density at radius 1 is 1.55 bits per heavy atom. The lowest BCUT2D eigenvalue weighted by Gasteiger charge is -2.10. The fourth-order valence-corrected chi connectivity index (χ4v) is 3.11. The Bertz CT molecular complexity index is 668. The molecule has 0 amide bonds. The average molecular weight is 294 g/mol. The molecule has 1 atom stereocenters. The molecule has 0 N–H and O–H groups in total. The molecule has 5 nitrogen and oxygen atoms in total. The van der Waals surface area contributed by atoms with E-state index in [1.165, 1.54) is 7.11 Å². The number of halogens is 1. The third-order valence-corrected chi connectivity index (χ3v) is 4.07. The van der Waals surface area contributed by atoms with Crippen molar-refractivity contribution in [1.29, 1.82) is 0 Å². The minimum absolute atomic E-state index is 0.341. The fourth-order valence-electron chi connectivity index (χ4n) is 2.83. The van der Waals surface area contributed by atoms with Gasteiger partial charge in [0.25, 0.3) is 0 Å². The topological polar surface area (TPSA) is 46.8 Å². The van der Waals surface area contributed by atoms with Gasteiger partial charge in [-0.2, -0.15) is 0 Å². The zero-order chi connectivity index (χ0) is 14.3. The summed E-state index contributed by atoms with van der Waals surface area (Å²) in [6.45, 7) is 2.01. The number of likely N-dealkylation sites (tertiary alicyclic amines) is 1. The molecule has 3 heterocycles. The second-order valence-electron chi connectivity index (χ2n) is 5.14. The van der Waals surface area contributed by atoms with Crippen molar-refractivity contribution in [3.05, 3.63) is 34.9 Å². The molecule has 3 rings (SSSR count). The van der Waals surface area contributed by atoms with Crippen LogP contribution in [0.25, 0.3) is 5.52 Å². The van der Waals surface area contributed by atoms with Gasteiger partial charge in [0, 0.05) is 18.7 Å². The van der Waals surface area contributed by atoms with Crippen LogP contribution in [0, 0.1) is 0 Å². The molecule has 2 aromatic rings. The van der Waals surface area contributed by atoms with Crippen molar-refractivity contribution in [2.24, 2.45) is 0 Å². The highest BCUT2D eigenvalue weighted by atomic mass is 35.5. The molecule has 6 heteroatoms. The monoisotopic (exact) mass is 293 g/mol. The molecule has 20 heavy (non-hydrogen) atoms. The van der Waals surface area contributed by atoms with Crippen LogP contribution in [0.5, 0.6) is 0 Å². The van der Waals surface area contributed by atoms with E-state index in [0.717, 1.165) is 25.3 Å². The molecule has 0 spiro atoms. The van der Waals surface area contributed by atoms with E-state index >= 15 is 0 Å². The van der Waals surface area contributed by atoms with Gasteiger partial charge >= 0.3 is 5.97 Å². The highest BCUT2D eigenvalue weighted by Gasteiger charge is 2.27. The lowest BCUT2D eigenvalue weighted by Crippen LogP contribution is -2.14. The summed E-state index contributed by atoms with van der Waals surface area (Å²) in [5.74, 6) is 0.862. The van der Waals surface area contributed by atoms with Crippen molar-refractivity contribution in [1.82, 2.24) is 14.3 Å². The number of rotatable bonds is 2. The molecule has 0 aliphatic carbocycles. The van der Waals surface area contributed by atoms with Gasteiger partial charge in [-0.05, 0) is 32.1 Å². The smallest absolute Gasteiger partial charge is 0.340 e. The number of pyridine rings is 1. The fraction of sp³-hybridized carbons (Fsp3) is 0.429. The van der Waals surface area contributed by atoms with Gasteiger partial charge in [0.2, 0.25) is 0 Å². The molecule has 0 radical (unpaired) electrons. The lowest BCUT2D eigenvalue weighted by atomic mass is 10.1. The minimum atomic E-state index is -0.396. The maximum atomic E-state index is 11.8. The number of hydrogen-bond acceptors (Lipinski definition) is 4. The number of nitrogens with zero attached hydrogens (tertiary/aromatic N) is 3. The number of fused-ring (bicyclic) bond motifs is 1. The number of carbonyl (C=O) groups is 1. The first-order chi connectivity index (χ1) is 9.61. The van der Waals surface area contributed by atoms with Crippen LogP contribution >= 0.6 is 11.6 Å². The second kappa shape index (κ2) is 5.07. The Balaban J connectivity index is 2.14. The summed E-state index contributed by atoms with van der Waals surface area (Å²) in [5.41, 5.74) is 1.08. The predicted octanol–water partition coefficient (Wildman–Crippen LogP) is 2.19. The summed E-state index contributed by atoms with van der Waals surface area (Å²) >= 11 is 6.25. The highest BCUT2D eigenvalue weighted by molar-refractivity contribution is 6.33. The molecule has 106 valence electrons. The average Bonchev–Trinajstić information content (AvgIpc) is 3.02. The van der Waals surface area contributed by atoms with E-state index in [2.05, 4.69) is 16.9 Å². The number of ether oxygens (including phenoxy) is 1. The van der Waals surface area contributed by atoms with Gasteiger partial charge in [0.05, 0.1) is 18.2 Å². The van der Waals surface area contributed by atoms with Gasteiger partial charge < -0.3 is 14.0 Å². The summed E-state index contributed by atoms with van der Waals surface area (Å²) in [6.07, 6.45) is 2.95. The summed E-state index contributed by atoms with van der Waals surface area (Å²) in [4.78, 5) is 18.6. The van der Waals surface area contributed by atoms with Crippen molar-refractivity contribution in [2.45, 2.75) is 12.3 Å². The maximum absolute atomic E-state index is 11.8. The zero-order valence-electron chi connectivity index (χ0n) is 11.5. The van der Waals surface area contributed by atoms with E-state index in [1.54, 1.807) is 6.07 Å². The molecule has 1 unspecified atom stereocenters. The van der Waals surface area contributed by atoms with Crippen molar-refractivity contribution < 1.29 is 9.53 Å². The Morgan fingerprint density at radius 2 is 2.35 bits per heavy atom. The van der Waals surface area contributed by atoms with Crippen molar-refractivity contribution in [3.8, 4) is 0 Å². The molecule has 1 aliphatic rings. The molecule has 1 saturated heterocycles. The van der Waals surface area contributed by atoms with Gasteiger partial charge in [0.15, 0.2) is 5.15 Å². The summed E-state index contributed by atoms with van der Waals surface area (Å²) in [5, 5.41) is 0.357. The Labute approximate surface area is 122 Å². The van der Waals surface area contributed by atoms with Crippen molar-refractivity contribution in [2.75, 3.05) is 27.2 Å². The molecule has 1 aliphatic heterocycles. The largest absolute Gasteiger partial charge is 0.465 e. The van der Waals surface area contributed by atoms with Crippen LogP contribution in [-0.2, 0) is 4.74 Å². The summed E-state index contributed by atoms with van der Waals surface area (Å²) in [7, 11) is 3.46. The van der Waals surface area contributed by atoms with E-state index in [4.69, 9.17) is 16.3 Å². The van der Waals surface area contributed by atoms with Crippen LogP contribution in [-0.4, -0.2) is 47.5 Å². The van der Waals surface area contributed by atoms with Gasteiger partial charge in [-0.3, -0.25) is 0 Å². The SMILES string of the molecule is COC(=O)c1cccn2c(C3CCN(C)C3)nc(Cl)c12. The Kier molecular flexibility index (Phi) is 3.40. The number of imidazole rings is 1. The molecule has 0 saturated carbocycles.